The molecule has 0 amide bonds. The number of hydrogen-bond donors (Lipinski definition) is 2. The fourth-order valence-electron chi connectivity index (χ4n) is 1.89. The summed E-state index contributed by atoms with van der Waals surface area (Å²) in [4.78, 5) is 11.0. The Balaban J connectivity index is 2.91. The van der Waals surface area contributed by atoms with Crippen molar-refractivity contribution in [3.05, 3.63) is 29.3 Å². The lowest BCUT2D eigenvalue weighted by atomic mass is 10.0. The number of rotatable bonds is 6. The molecule has 0 aliphatic rings. The van der Waals surface area contributed by atoms with Gasteiger partial charge in [0.15, 0.2) is 0 Å². The SMILES string of the molecule is CCCC(CNc1ccc(C#N)c(C(F)(F)F)c1)C(=O)O. The van der Waals surface area contributed by atoms with E-state index in [-0.39, 0.29) is 12.2 Å². The van der Waals surface area contributed by atoms with E-state index in [4.69, 9.17) is 10.4 Å². The number of carboxylic acids is 1. The zero-order chi connectivity index (χ0) is 16.0. The summed E-state index contributed by atoms with van der Waals surface area (Å²) in [5.74, 6) is -1.66. The minimum Gasteiger partial charge on any atom is -0.481 e. The number of nitriles is 1. The van der Waals surface area contributed by atoms with Gasteiger partial charge in [0.2, 0.25) is 0 Å². The quantitative estimate of drug-likeness (QED) is 0.843. The van der Waals surface area contributed by atoms with E-state index in [1.54, 1.807) is 0 Å². The fourth-order valence-corrected chi connectivity index (χ4v) is 1.89. The topological polar surface area (TPSA) is 73.1 Å². The zero-order valence-electron chi connectivity index (χ0n) is 11.4. The molecule has 0 aromatic heterocycles. The maximum Gasteiger partial charge on any atom is 0.417 e. The highest BCUT2D eigenvalue weighted by molar-refractivity contribution is 5.70. The van der Waals surface area contributed by atoms with E-state index in [9.17, 15) is 18.0 Å². The van der Waals surface area contributed by atoms with Crippen molar-refractivity contribution >= 4 is 11.7 Å². The van der Waals surface area contributed by atoms with Crippen LogP contribution in [-0.2, 0) is 11.0 Å². The number of aliphatic carboxylic acids is 1. The van der Waals surface area contributed by atoms with E-state index in [0.717, 1.165) is 12.1 Å². The van der Waals surface area contributed by atoms with E-state index in [1.807, 2.05) is 6.92 Å². The molecule has 4 nitrogen and oxygen atoms in total. The Bertz CT molecular complexity index is 550. The average Bonchev–Trinajstić information content (AvgIpc) is 2.41. The Morgan fingerprint density at radius 2 is 2.14 bits per heavy atom. The molecule has 0 saturated carbocycles. The lowest BCUT2D eigenvalue weighted by Crippen LogP contribution is -2.23. The van der Waals surface area contributed by atoms with Crippen molar-refractivity contribution in [3.63, 3.8) is 0 Å². The van der Waals surface area contributed by atoms with Gasteiger partial charge in [-0.05, 0) is 24.6 Å². The Hall–Kier alpha value is -2.23. The molecule has 7 heteroatoms. The summed E-state index contributed by atoms with van der Waals surface area (Å²) in [7, 11) is 0. The van der Waals surface area contributed by atoms with Gasteiger partial charge in [-0.25, -0.2) is 0 Å². The van der Waals surface area contributed by atoms with E-state index in [1.165, 1.54) is 12.1 Å². The summed E-state index contributed by atoms with van der Waals surface area (Å²) in [5, 5.41) is 20.4. The smallest absolute Gasteiger partial charge is 0.417 e. The third-order valence-electron chi connectivity index (χ3n) is 2.98. The molecule has 1 aromatic carbocycles. The number of halogens is 3. The van der Waals surface area contributed by atoms with Crippen molar-refractivity contribution in [3.8, 4) is 6.07 Å². The van der Waals surface area contributed by atoms with E-state index in [0.29, 0.717) is 12.8 Å². The summed E-state index contributed by atoms with van der Waals surface area (Å²) in [6, 6.07) is 4.72. The molecule has 21 heavy (non-hydrogen) atoms. The van der Waals surface area contributed by atoms with Gasteiger partial charge in [-0.3, -0.25) is 4.79 Å². The van der Waals surface area contributed by atoms with Crippen LogP contribution < -0.4 is 5.32 Å². The van der Waals surface area contributed by atoms with E-state index < -0.39 is 29.2 Å². The van der Waals surface area contributed by atoms with Crippen LogP contribution in [0.25, 0.3) is 0 Å². The Labute approximate surface area is 120 Å². The van der Waals surface area contributed by atoms with Crippen LogP contribution in [0.2, 0.25) is 0 Å². The molecule has 114 valence electrons. The average molecular weight is 300 g/mol. The van der Waals surface area contributed by atoms with Crippen LogP contribution in [0.5, 0.6) is 0 Å². The van der Waals surface area contributed by atoms with Crippen molar-refractivity contribution in [1.82, 2.24) is 0 Å². The van der Waals surface area contributed by atoms with Gasteiger partial charge in [-0.15, -0.1) is 0 Å². The molecular weight excluding hydrogens is 285 g/mol. The lowest BCUT2D eigenvalue weighted by molar-refractivity contribution is -0.141. The molecular formula is C14H15F3N2O2. The fraction of sp³-hybridized carbons (Fsp3) is 0.429. The maximum atomic E-state index is 12.8. The van der Waals surface area contributed by atoms with Crippen LogP contribution in [0, 0.1) is 17.2 Å². The van der Waals surface area contributed by atoms with E-state index in [2.05, 4.69) is 5.32 Å². The standard InChI is InChI=1S/C14H15F3N2O2/c1-2-3-10(13(20)21)8-19-11-5-4-9(7-18)12(6-11)14(15,16)17/h4-6,10,19H,2-3,8H2,1H3,(H,20,21). The van der Waals surface area contributed by atoms with Gasteiger partial charge in [0.25, 0.3) is 0 Å². The molecule has 1 atom stereocenters. The Kier molecular flexibility index (Phi) is 5.59. The first kappa shape index (κ1) is 16.8. The summed E-state index contributed by atoms with van der Waals surface area (Å²) < 4.78 is 38.4. The first-order valence-electron chi connectivity index (χ1n) is 6.37. The van der Waals surface area contributed by atoms with Gasteiger partial charge in [-0.2, -0.15) is 18.4 Å². The number of anilines is 1. The molecule has 0 spiro atoms. The number of benzene rings is 1. The summed E-state index contributed by atoms with van der Waals surface area (Å²) >= 11 is 0. The van der Waals surface area contributed by atoms with Gasteiger partial charge < -0.3 is 10.4 Å². The number of nitrogens with one attached hydrogen (secondary N) is 1. The van der Waals surface area contributed by atoms with Crippen molar-refractivity contribution in [2.75, 3.05) is 11.9 Å². The van der Waals surface area contributed by atoms with Crippen LogP contribution in [0.4, 0.5) is 18.9 Å². The maximum absolute atomic E-state index is 12.8. The van der Waals surface area contributed by atoms with Crippen LogP contribution in [0.1, 0.15) is 30.9 Å². The molecule has 0 saturated heterocycles. The number of carboxylic acid groups (broad SMARTS) is 1. The molecule has 0 aliphatic heterocycles. The van der Waals surface area contributed by atoms with Gasteiger partial charge in [-0.1, -0.05) is 13.3 Å². The van der Waals surface area contributed by atoms with Gasteiger partial charge in [0, 0.05) is 12.2 Å². The summed E-state index contributed by atoms with van der Waals surface area (Å²) in [5.41, 5.74) is -1.35. The molecule has 0 radical (unpaired) electrons. The van der Waals surface area contributed by atoms with Crippen LogP contribution in [0.15, 0.2) is 18.2 Å². The Morgan fingerprint density at radius 1 is 1.48 bits per heavy atom. The zero-order valence-corrected chi connectivity index (χ0v) is 11.4. The first-order chi connectivity index (χ1) is 9.79. The van der Waals surface area contributed by atoms with Crippen LogP contribution in [0.3, 0.4) is 0 Å². The summed E-state index contributed by atoms with van der Waals surface area (Å²) in [6.07, 6.45) is -3.52. The molecule has 1 unspecified atom stereocenters. The first-order valence-corrected chi connectivity index (χ1v) is 6.37. The minimum absolute atomic E-state index is 0.0341. The third-order valence-corrected chi connectivity index (χ3v) is 2.98. The van der Waals surface area contributed by atoms with Gasteiger partial charge in [0.05, 0.1) is 23.1 Å². The van der Waals surface area contributed by atoms with Crippen molar-refractivity contribution < 1.29 is 23.1 Å². The minimum atomic E-state index is -4.63. The molecule has 1 rings (SSSR count). The van der Waals surface area contributed by atoms with Crippen molar-refractivity contribution in [2.45, 2.75) is 25.9 Å². The number of alkyl halides is 3. The highest BCUT2D eigenvalue weighted by Crippen LogP contribution is 2.33. The molecule has 0 heterocycles. The highest BCUT2D eigenvalue weighted by Gasteiger charge is 2.33. The Morgan fingerprint density at radius 3 is 2.62 bits per heavy atom. The monoisotopic (exact) mass is 300 g/mol. The normalized spacial score (nSPS) is 12.5. The second-order valence-electron chi connectivity index (χ2n) is 4.57. The second kappa shape index (κ2) is 6.97. The van der Waals surface area contributed by atoms with Crippen LogP contribution >= 0.6 is 0 Å². The van der Waals surface area contributed by atoms with Crippen molar-refractivity contribution in [2.24, 2.45) is 5.92 Å². The number of hydrogen-bond acceptors (Lipinski definition) is 3. The lowest BCUT2D eigenvalue weighted by Gasteiger charge is -2.15. The molecule has 1 aromatic rings. The van der Waals surface area contributed by atoms with Crippen molar-refractivity contribution in [1.29, 1.82) is 5.26 Å². The molecule has 2 N–H and O–H groups in total. The predicted octanol–water partition coefficient (Wildman–Crippen LogP) is 3.49. The summed E-state index contributed by atoms with van der Waals surface area (Å²) in [6.45, 7) is 1.87. The third kappa shape index (κ3) is 4.67. The largest absolute Gasteiger partial charge is 0.481 e. The molecule has 0 fully saturated rings. The van der Waals surface area contributed by atoms with Gasteiger partial charge in [0.1, 0.15) is 0 Å². The van der Waals surface area contributed by atoms with Crippen LogP contribution in [-0.4, -0.2) is 17.6 Å². The highest BCUT2D eigenvalue weighted by atomic mass is 19.4. The van der Waals surface area contributed by atoms with E-state index >= 15 is 0 Å². The molecule has 0 bridgehead atoms. The predicted molar refractivity (Wildman–Crippen MR) is 70.7 cm³/mol. The number of nitrogens with zero attached hydrogens (tertiary/aromatic N) is 1. The second-order valence-corrected chi connectivity index (χ2v) is 4.57. The van der Waals surface area contributed by atoms with Gasteiger partial charge >= 0.3 is 12.1 Å². The molecule has 0 aliphatic carbocycles. The number of carbonyl (C=O) groups is 1.